The zero-order valence-electron chi connectivity index (χ0n) is 28.7. The molecule has 1 fully saturated rings. The third-order valence-electron chi connectivity index (χ3n) is 8.75. The van der Waals surface area contributed by atoms with Crippen LogP contribution in [-0.4, -0.2) is 76.1 Å². The van der Waals surface area contributed by atoms with E-state index in [2.05, 4.69) is 22.2 Å². The second-order valence-electron chi connectivity index (χ2n) is 13.5. The molecule has 1 saturated heterocycles. The number of ether oxygens (including phenoxy) is 2. The van der Waals surface area contributed by atoms with Gasteiger partial charge in [-0.2, -0.15) is 0 Å². The molecule has 2 aliphatic rings. The largest absolute Gasteiger partial charge is 0.481 e. The zero-order valence-corrected chi connectivity index (χ0v) is 30.2. The van der Waals surface area contributed by atoms with E-state index in [0.717, 1.165) is 5.56 Å². The molecule has 0 bridgehead atoms. The molecule has 2 aliphatic heterocycles. The summed E-state index contributed by atoms with van der Waals surface area (Å²) >= 11 is 13.9. The summed E-state index contributed by atoms with van der Waals surface area (Å²) in [5, 5.41) is 3.55. The van der Waals surface area contributed by atoms with E-state index in [1.807, 2.05) is 6.07 Å². The molecule has 1 radical (unpaired) electrons. The summed E-state index contributed by atoms with van der Waals surface area (Å²) in [6.07, 6.45) is 2.17. The number of fused-ring (bicyclic) bond motifs is 1. The number of aromatic nitrogens is 2. The lowest BCUT2D eigenvalue weighted by Crippen LogP contribution is -2.47. The van der Waals surface area contributed by atoms with Crippen molar-refractivity contribution in [1.29, 1.82) is 0 Å². The summed E-state index contributed by atoms with van der Waals surface area (Å²) < 4.78 is 25.5. The Morgan fingerprint density at radius 2 is 1.82 bits per heavy atom. The van der Waals surface area contributed by atoms with Gasteiger partial charge < -0.3 is 24.6 Å². The van der Waals surface area contributed by atoms with Gasteiger partial charge in [0, 0.05) is 78.7 Å². The number of hydrogen-bond acceptors (Lipinski definition) is 7. The van der Waals surface area contributed by atoms with Gasteiger partial charge in [-0.05, 0) is 57.9 Å². The van der Waals surface area contributed by atoms with Crippen LogP contribution in [0.3, 0.4) is 0 Å². The van der Waals surface area contributed by atoms with Gasteiger partial charge >= 0.3 is 6.09 Å². The maximum absolute atomic E-state index is 14.7. The molecule has 4 aromatic rings. The van der Waals surface area contributed by atoms with Crippen molar-refractivity contribution < 1.29 is 28.2 Å². The van der Waals surface area contributed by atoms with Crippen LogP contribution in [-0.2, 0) is 16.1 Å². The maximum atomic E-state index is 14.7. The smallest absolute Gasteiger partial charge is 0.410 e. The van der Waals surface area contributed by atoms with Crippen LogP contribution in [0.25, 0.3) is 33.6 Å². The molecule has 0 spiro atoms. The van der Waals surface area contributed by atoms with Crippen molar-refractivity contribution in [2.75, 3.05) is 26.7 Å². The average molecular weight is 734 g/mol. The van der Waals surface area contributed by atoms with Gasteiger partial charge in [-0.1, -0.05) is 47.5 Å². The molecule has 3 amide bonds. The Labute approximate surface area is 305 Å². The lowest BCUT2D eigenvalue weighted by molar-refractivity contribution is -0.119. The van der Waals surface area contributed by atoms with Gasteiger partial charge in [0.15, 0.2) is 0 Å². The number of halogens is 3. The Hall–Kier alpha value is -4.74. The van der Waals surface area contributed by atoms with Gasteiger partial charge in [-0.25, -0.2) is 14.2 Å². The predicted octanol–water partition coefficient (Wildman–Crippen LogP) is 7.59. The van der Waals surface area contributed by atoms with Gasteiger partial charge in [0.1, 0.15) is 11.4 Å². The van der Waals surface area contributed by atoms with E-state index < -0.39 is 17.5 Å². The van der Waals surface area contributed by atoms with Crippen LogP contribution < -0.4 is 10.1 Å². The normalized spacial score (nSPS) is 15.5. The summed E-state index contributed by atoms with van der Waals surface area (Å²) in [5.41, 5.74) is 3.85. The standard InChI is InChI=1S/C38H37Cl2FN5O5/c1-21-29(41)18-30(44-35(21)50-5)28-8-6-7-26(32(28)39)27-13-14-42-34(33(27)40)22-9-11-25-23(17-22)19-45(36(25)48)15-16-46(37(49)51-38(2,3)4)20-24-10-12-31(47)43-24/h6-9,11,13-14,17-18,24H,1,10,12,15-16,19-20H2,2-5H3,(H,43,47)/t24-/m0/s1. The number of amides is 3. The fourth-order valence-corrected chi connectivity index (χ4v) is 6.88. The number of carbonyl (C=O) groups is 3. The molecular formula is C38H37Cl2FN5O5. The molecule has 265 valence electrons. The minimum atomic E-state index is -0.700. The number of pyridine rings is 2. The Morgan fingerprint density at radius 1 is 1.08 bits per heavy atom. The quantitative estimate of drug-likeness (QED) is 0.189. The van der Waals surface area contributed by atoms with Crippen LogP contribution in [0.5, 0.6) is 5.88 Å². The molecule has 13 heteroatoms. The molecule has 51 heavy (non-hydrogen) atoms. The highest BCUT2D eigenvalue weighted by Gasteiger charge is 2.32. The van der Waals surface area contributed by atoms with Crippen molar-refractivity contribution >= 4 is 41.1 Å². The Kier molecular flexibility index (Phi) is 10.2. The fourth-order valence-electron chi connectivity index (χ4n) is 6.23. The molecule has 0 aliphatic carbocycles. The third kappa shape index (κ3) is 7.64. The van der Waals surface area contributed by atoms with Crippen molar-refractivity contribution in [3.05, 3.63) is 94.2 Å². The monoisotopic (exact) mass is 732 g/mol. The second kappa shape index (κ2) is 14.5. The first-order valence-electron chi connectivity index (χ1n) is 16.4. The summed E-state index contributed by atoms with van der Waals surface area (Å²) in [4.78, 5) is 50.5. The van der Waals surface area contributed by atoms with Gasteiger partial charge in [0.25, 0.3) is 5.91 Å². The summed E-state index contributed by atoms with van der Waals surface area (Å²) in [6, 6.07) is 13.6. The molecular weight excluding hydrogens is 696 g/mol. The van der Waals surface area contributed by atoms with Gasteiger partial charge in [-0.15, -0.1) is 0 Å². The molecule has 2 aromatic carbocycles. The summed E-state index contributed by atoms with van der Waals surface area (Å²) in [7, 11) is 1.39. The maximum Gasteiger partial charge on any atom is 0.410 e. The van der Waals surface area contributed by atoms with Gasteiger partial charge in [0.2, 0.25) is 11.8 Å². The van der Waals surface area contributed by atoms with Crippen molar-refractivity contribution in [3.63, 3.8) is 0 Å². The molecule has 0 unspecified atom stereocenters. The van der Waals surface area contributed by atoms with E-state index in [4.69, 9.17) is 32.7 Å². The molecule has 1 atom stereocenters. The number of nitrogens with one attached hydrogen (secondary N) is 1. The lowest BCUT2D eigenvalue weighted by Gasteiger charge is -2.30. The number of nitrogens with zero attached hydrogens (tertiary/aromatic N) is 4. The van der Waals surface area contributed by atoms with E-state index in [0.29, 0.717) is 62.9 Å². The summed E-state index contributed by atoms with van der Waals surface area (Å²) in [6.45, 7) is 10.2. The molecule has 10 nitrogen and oxygen atoms in total. The molecule has 2 aromatic heterocycles. The Morgan fingerprint density at radius 3 is 2.53 bits per heavy atom. The number of hydrogen-bond donors (Lipinski definition) is 1. The minimum Gasteiger partial charge on any atom is -0.481 e. The van der Waals surface area contributed by atoms with E-state index in [-0.39, 0.29) is 54.6 Å². The lowest BCUT2D eigenvalue weighted by atomic mass is 9.98. The van der Waals surface area contributed by atoms with Crippen LogP contribution >= 0.6 is 23.2 Å². The average Bonchev–Trinajstić information content (AvgIpc) is 3.64. The van der Waals surface area contributed by atoms with E-state index in [1.54, 1.807) is 73.2 Å². The first-order chi connectivity index (χ1) is 24.2. The first-order valence-corrected chi connectivity index (χ1v) is 17.2. The highest BCUT2D eigenvalue weighted by Crippen LogP contribution is 2.42. The van der Waals surface area contributed by atoms with E-state index in [1.165, 1.54) is 13.2 Å². The molecule has 6 rings (SSSR count). The molecule has 0 saturated carbocycles. The number of benzene rings is 2. The minimum absolute atomic E-state index is 0.0444. The number of carbonyl (C=O) groups excluding carboxylic acids is 3. The van der Waals surface area contributed by atoms with Crippen LogP contribution in [0.15, 0.2) is 54.7 Å². The Bertz CT molecular complexity index is 2030. The zero-order chi connectivity index (χ0) is 36.6. The number of methoxy groups -OCH3 is 1. The topological polar surface area (TPSA) is 114 Å². The van der Waals surface area contributed by atoms with Crippen molar-refractivity contribution in [1.82, 2.24) is 25.1 Å². The van der Waals surface area contributed by atoms with E-state index in [9.17, 15) is 18.8 Å². The summed E-state index contributed by atoms with van der Waals surface area (Å²) in [5.74, 6) is -0.712. The Balaban J connectivity index is 1.23. The fraction of sp³-hybridized carbons (Fsp3) is 0.316. The third-order valence-corrected chi connectivity index (χ3v) is 9.54. The van der Waals surface area contributed by atoms with Crippen LogP contribution in [0, 0.1) is 12.7 Å². The van der Waals surface area contributed by atoms with Crippen LogP contribution in [0.4, 0.5) is 9.18 Å². The predicted molar refractivity (Wildman–Crippen MR) is 193 cm³/mol. The van der Waals surface area contributed by atoms with Crippen LogP contribution in [0.2, 0.25) is 10.0 Å². The van der Waals surface area contributed by atoms with Crippen molar-refractivity contribution in [2.45, 2.75) is 51.8 Å². The molecule has 4 heterocycles. The van der Waals surface area contributed by atoms with Crippen LogP contribution in [0.1, 0.15) is 55.1 Å². The van der Waals surface area contributed by atoms with Gasteiger partial charge in [0.05, 0.1) is 34.1 Å². The van der Waals surface area contributed by atoms with Gasteiger partial charge in [-0.3, -0.25) is 14.6 Å². The van der Waals surface area contributed by atoms with Crippen molar-refractivity contribution in [2.24, 2.45) is 0 Å². The highest BCUT2D eigenvalue weighted by molar-refractivity contribution is 6.39. The van der Waals surface area contributed by atoms with E-state index >= 15 is 0 Å². The SMILES string of the molecule is [CH2]c1c(F)cc(-c2cccc(-c3ccnc(-c4ccc5c(c4)CN(CCN(C[C@@H]4CCC(=O)N4)C(=O)OC(C)(C)C)C5=O)c3Cl)c2Cl)nc1OC. The number of rotatable bonds is 9. The highest BCUT2D eigenvalue weighted by atomic mass is 35.5. The van der Waals surface area contributed by atoms with Crippen molar-refractivity contribution in [3.8, 4) is 39.5 Å². The molecule has 1 N–H and O–H groups in total. The second-order valence-corrected chi connectivity index (χ2v) is 14.2. The first kappa shape index (κ1) is 36.1.